The van der Waals surface area contributed by atoms with Crippen molar-refractivity contribution in [1.82, 2.24) is 4.90 Å². The first-order valence-electron chi connectivity index (χ1n) is 6.92. The normalized spacial score (nSPS) is 32.5. The van der Waals surface area contributed by atoms with Crippen LogP contribution in [0.1, 0.15) is 36.9 Å². The first kappa shape index (κ1) is 12.6. The van der Waals surface area contributed by atoms with E-state index in [4.69, 9.17) is 5.73 Å². The maximum absolute atomic E-state index is 6.18. The molecule has 18 heavy (non-hydrogen) atoms. The minimum atomic E-state index is 0.352. The first-order valence-corrected chi connectivity index (χ1v) is 7.71. The van der Waals surface area contributed by atoms with Gasteiger partial charge in [-0.2, -0.15) is 0 Å². The number of halogens is 1. The Kier molecular flexibility index (Phi) is 3.48. The van der Waals surface area contributed by atoms with Gasteiger partial charge in [-0.15, -0.1) is 0 Å². The van der Waals surface area contributed by atoms with E-state index in [1.165, 1.54) is 41.4 Å². The number of hydrogen-bond donors (Lipinski definition) is 1. The fraction of sp³-hybridized carbons (Fsp3) is 0.600. The molecule has 0 spiro atoms. The highest BCUT2D eigenvalue weighted by Gasteiger charge is 2.33. The van der Waals surface area contributed by atoms with E-state index in [0.29, 0.717) is 12.1 Å². The van der Waals surface area contributed by atoms with E-state index in [2.05, 4.69) is 46.0 Å². The van der Waals surface area contributed by atoms with Crippen LogP contribution in [-0.4, -0.2) is 24.0 Å². The first-order chi connectivity index (χ1) is 8.65. The van der Waals surface area contributed by atoms with Gasteiger partial charge in [0.2, 0.25) is 0 Å². The number of benzene rings is 1. The van der Waals surface area contributed by atoms with Crippen LogP contribution >= 0.6 is 15.9 Å². The third kappa shape index (κ3) is 2.24. The summed E-state index contributed by atoms with van der Waals surface area (Å²) >= 11 is 3.68. The summed E-state index contributed by atoms with van der Waals surface area (Å²) in [7, 11) is 0. The van der Waals surface area contributed by atoms with E-state index in [1.54, 1.807) is 0 Å². The van der Waals surface area contributed by atoms with Crippen molar-refractivity contribution in [3.8, 4) is 0 Å². The van der Waals surface area contributed by atoms with Gasteiger partial charge in [0.15, 0.2) is 0 Å². The van der Waals surface area contributed by atoms with Crippen molar-refractivity contribution in [3.63, 3.8) is 0 Å². The number of fused-ring (bicyclic) bond motifs is 1. The Morgan fingerprint density at radius 2 is 2.17 bits per heavy atom. The summed E-state index contributed by atoms with van der Waals surface area (Å²) < 4.78 is 1.27. The summed E-state index contributed by atoms with van der Waals surface area (Å²) in [5.41, 5.74) is 9.21. The summed E-state index contributed by atoms with van der Waals surface area (Å²) in [6, 6.07) is 7.55. The van der Waals surface area contributed by atoms with Gasteiger partial charge in [0, 0.05) is 29.6 Å². The predicted molar refractivity (Wildman–Crippen MR) is 78.5 cm³/mol. The maximum Gasteiger partial charge on any atom is 0.0355 e. The molecular weight excluding hydrogens is 288 g/mol. The topological polar surface area (TPSA) is 29.3 Å². The molecule has 1 aliphatic carbocycles. The summed E-state index contributed by atoms with van der Waals surface area (Å²) in [5.74, 6) is 0.727. The number of nitrogens with two attached hydrogens (primary N) is 1. The molecule has 1 aliphatic heterocycles. The van der Waals surface area contributed by atoms with Gasteiger partial charge in [0.1, 0.15) is 0 Å². The second-order valence-electron chi connectivity index (χ2n) is 5.92. The number of rotatable bonds is 1. The van der Waals surface area contributed by atoms with Crippen molar-refractivity contribution in [2.24, 2.45) is 11.7 Å². The molecule has 3 atom stereocenters. The highest BCUT2D eigenvalue weighted by atomic mass is 79.9. The molecule has 0 aromatic heterocycles. The number of nitrogens with zero attached hydrogens (tertiary/aromatic N) is 1. The second kappa shape index (κ2) is 4.95. The van der Waals surface area contributed by atoms with Gasteiger partial charge in [-0.3, -0.25) is 4.90 Å². The van der Waals surface area contributed by atoms with Crippen molar-refractivity contribution in [1.29, 1.82) is 0 Å². The Morgan fingerprint density at radius 3 is 2.94 bits per heavy atom. The molecule has 0 radical (unpaired) electrons. The van der Waals surface area contributed by atoms with E-state index >= 15 is 0 Å². The molecule has 2 aliphatic rings. The minimum Gasteiger partial charge on any atom is -0.327 e. The van der Waals surface area contributed by atoms with Gasteiger partial charge in [-0.05, 0) is 42.4 Å². The molecule has 1 heterocycles. The monoisotopic (exact) mass is 308 g/mol. The Bertz CT molecular complexity index is 436. The molecule has 0 amide bonds. The molecule has 1 saturated heterocycles. The lowest BCUT2D eigenvalue weighted by Crippen LogP contribution is -2.47. The Labute approximate surface area is 118 Å². The lowest BCUT2D eigenvalue weighted by molar-refractivity contribution is 0.115. The molecule has 1 fully saturated rings. The van der Waals surface area contributed by atoms with E-state index in [1.807, 2.05) is 0 Å². The molecule has 98 valence electrons. The highest BCUT2D eigenvalue weighted by molar-refractivity contribution is 9.10. The lowest BCUT2D eigenvalue weighted by atomic mass is 9.94. The maximum atomic E-state index is 6.18. The van der Waals surface area contributed by atoms with Crippen LogP contribution in [0.4, 0.5) is 0 Å². The number of likely N-dealkylation sites (tertiary alicyclic amines) is 1. The van der Waals surface area contributed by atoms with Gasteiger partial charge in [0.25, 0.3) is 0 Å². The molecule has 2 nitrogen and oxygen atoms in total. The second-order valence-corrected chi connectivity index (χ2v) is 6.77. The van der Waals surface area contributed by atoms with Crippen LogP contribution in [-0.2, 0) is 6.42 Å². The van der Waals surface area contributed by atoms with E-state index in [9.17, 15) is 0 Å². The third-order valence-corrected chi connectivity index (χ3v) is 5.09. The molecule has 3 unspecified atom stereocenters. The smallest absolute Gasteiger partial charge is 0.0355 e. The zero-order valence-electron chi connectivity index (χ0n) is 10.9. The van der Waals surface area contributed by atoms with Gasteiger partial charge < -0.3 is 5.73 Å². The van der Waals surface area contributed by atoms with Gasteiger partial charge >= 0.3 is 0 Å². The van der Waals surface area contributed by atoms with Crippen molar-refractivity contribution in [3.05, 3.63) is 33.8 Å². The van der Waals surface area contributed by atoms with E-state index < -0.39 is 0 Å². The zero-order valence-corrected chi connectivity index (χ0v) is 12.5. The van der Waals surface area contributed by atoms with Crippen LogP contribution < -0.4 is 5.73 Å². The largest absolute Gasteiger partial charge is 0.327 e. The Morgan fingerprint density at radius 1 is 1.33 bits per heavy atom. The third-order valence-electron chi connectivity index (χ3n) is 4.34. The molecule has 0 bridgehead atoms. The van der Waals surface area contributed by atoms with Gasteiger partial charge in [0.05, 0.1) is 0 Å². The Hall–Kier alpha value is -0.380. The van der Waals surface area contributed by atoms with E-state index in [-0.39, 0.29) is 0 Å². The molecule has 3 heteroatoms. The molecular formula is C15H21BrN2. The van der Waals surface area contributed by atoms with Crippen LogP contribution in [0.2, 0.25) is 0 Å². The van der Waals surface area contributed by atoms with Crippen molar-refractivity contribution in [2.45, 2.75) is 38.3 Å². The van der Waals surface area contributed by atoms with Gasteiger partial charge in [-0.25, -0.2) is 0 Å². The van der Waals surface area contributed by atoms with Crippen LogP contribution in [0.5, 0.6) is 0 Å². The van der Waals surface area contributed by atoms with Crippen molar-refractivity contribution < 1.29 is 0 Å². The predicted octanol–water partition coefficient (Wildman–Crippen LogP) is 3.11. The average molecular weight is 309 g/mol. The highest BCUT2D eigenvalue weighted by Crippen LogP contribution is 2.40. The van der Waals surface area contributed by atoms with Gasteiger partial charge in [-0.1, -0.05) is 35.0 Å². The quantitative estimate of drug-likeness (QED) is 0.864. The summed E-state index contributed by atoms with van der Waals surface area (Å²) in [6.45, 7) is 4.58. The molecule has 2 N–H and O–H groups in total. The average Bonchev–Trinajstić information content (AvgIpc) is 2.73. The summed E-state index contributed by atoms with van der Waals surface area (Å²) in [6.07, 6.45) is 3.62. The standard InChI is InChI=1S/C15H21BrN2/c1-10-7-11(17)9-18(8-10)15-6-5-12-13(15)3-2-4-14(12)16/h2-4,10-11,15H,5-9,17H2,1H3. The minimum absolute atomic E-state index is 0.352. The summed E-state index contributed by atoms with van der Waals surface area (Å²) in [5, 5.41) is 0. The zero-order chi connectivity index (χ0) is 12.7. The SMILES string of the molecule is CC1CC(N)CN(C2CCc3c(Br)cccc32)C1. The van der Waals surface area contributed by atoms with Crippen LogP contribution in [0.25, 0.3) is 0 Å². The number of piperidine rings is 1. The van der Waals surface area contributed by atoms with Crippen LogP contribution in [0, 0.1) is 5.92 Å². The van der Waals surface area contributed by atoms with Crippen LogP contribution in [0.3, 0.4) is 0 Å². The number of hydrogen-bond acceptors (Lipinski definition) is 2. The summed E-state index contributed by atoms with van der Waals surface area (Å²) in [4.78, 5) is 2.61. The fourth-order valence-corrected chi connectivity index (χ4v) is 4.24. The Balaban J connectivity index is 1.85. The fourth-order valence-electron chi connectivity index (χ4n) is 3.66. The molecule has 1 aromatic rings. The molecule has 0 saturated carbocycles. The lowest BCUT2D eigenvalue weighted by Gasteiger charge is -2.39. The van der Waals surface area contributed by atoms with Crippen molar-refractivity contribution >= 4 is 15.9 Å². The van der Waals surface area contributed by atoms with Crippen molar-refractivity contribution in [2.75, 3.05) is 13.1 Å². The molecule has 1 aromatic carbocycles. The van der Waals surface area contributed by atoms with Crippen LogP contribution in [0.15, 0.2) is 22.7 Å². The molecule has 3 rings (SSSR count). The van der Waals surface area contributed by atoms with E-state index in [0.717, 1.165) is 12.5 Å².